The Balaban J connectivity index is 1.41. The van der Waals surface area contributed by atoms with Crippen LogP contribution in [0.1, 0.15) is 28.7 Å². The van der Waals surface area contributed by atoms with Gasteiger partial charge in [0.25, 0.3) is 0 Å². The number of aryl methyl sites for hydroxylation is 2. The number of aromatic amines is 1. The number of anilines is 2. The van der Waals surface area contributed by atoms with Gasteiger partial charge in [0.2, 0.25) is 5.82 Å². The average molecular weight is 501 g/mol. The summed E-state index contributed by atoms with van der Waals surface area (Å²) in [5, 5.41) is 14.7. The van der Waals surface area contributed by atoms with Gasteiger partial charge in [-0.1, -0.05) is 72.3 Å². The molecule has 1 aliphatic rings. The smallest absolute Gasteiger partial charge is 0.205 e. The van der Waals surface area contributed by atoms with E-state index in [0.29, 0.717) is 18.7 Å². The van der Waals surface area contributed by atoms with E-state index in [4.69, 9.17) is 4.98 Å². The van der Waals surface area contributed by atoms with Crippen LogP contribution in [0.25, 0.3) is 22.6 Å². The predicted octanol–water partition coefficient (Wildman–Crippen LogP) is 5.68. The Kier molecular flexibility index (Phi) is 6.48. The van der Waals surface area contributed by atoms with Crippen LogP contribution in [0.15, 0.2) is 84.9 Å². The van der Waals surface area contributed by atoms with Crippen LogP contribution >= 0.6 is 0 Å². The third-order valence-electron chi connectivity index (χ3n) is 6.97. The van der Waals surface area contributed by atoms with E-state index in [9.17, 15) is 4.79 Å². The van der Waals surface area contributed by atoms with Gasteiger partial charge in [-0.2, -0.15) is 5.21 Å². The van der Waals surface area contributed by atoms with Gasteiger partial charge in [0.1, 0.15) is 11.6 Å². The summed E-state index contributed by atoms with van der Waals surface area (Å²) in [6.07, 6.45) is 2.83. The molecule has 3 heterocycles. The summed E-state index contributed by atoms with van der Waals surface area (Å²) in [6, 6.07) is 28.6. The molecule has 188 valence electrons. The SMILES string of the molecule is Cc1ccc(CC(=O)Cc2cc(-c3ccccc3-c3nn[nH]n3)nc(N3CCCc4ccccc43)c2)cc1. The first-order chi connectivity index (χ1) is 18.6. The highest BCUT2D eigenvalue weighted by Gasteiger charge is 2.22. The molecule has 7 nitrogen and oxygen atoms in total. The number of ketones is 1. The van der Waals surface area contributed by atoms with Crippen molar-refractivity contribution in [2.45, 2.75) is 32.6 Å². The summed E-state index contributed by atoms with van der Waals surface area (Å²) in [5.41, 5.74) is 8.16. The summed E-state index contributed by atoms with van der Waals surface area (Å²) >= 11 is 0. The molecule has 0 amide bonds. The maximum absolute atomic E-state index is 13.2. The van der Waals surface area contributed by atoms with Crippen LogP contribution < -0.4 is 4.90 Å². The van der Waals surface area contributed by atoms with Crippen LogP contribution in [0.3, 0.4) is 0 Å². The number of rotatable bonds is 7. The summed E-state index contributed by atoms with van der Waals surface area (Å²) in [7, 11) is 0. The third-order valence-corrected chi connectivity index (χ3v) is 6.97. The van der Waals surface area contributed by atoms with Crippen LogP contribution in [-0.2, 0) is 24.1 Å². The van der Waals surface area contributed by atoms with Gasteiger partial charge in [-0.25, -0.2) is 4.98 Å². The number of benzene rings is 3. The zero-order valence-corrected chi connectivity index (χ0v) is 21.3. The number of carbonyl (C=O) groups is 1. The lowest BCUT2D eigenvalue weighted by molar-refractivity contribution is -0.117. The minimum atomic E-state index is 0.169. The molecule has 3 aromatic carbocycles. The minimum absolute atomic E-state index is 0.169. The molecule has 6 rings (SSSR count). The Morgan fingerprint density at radius 2 is 1.66 bits per heavy atom. The van der Waals surface area contributed by atoms with Crippen LogP contribution in [0, 0.1) is 6.92 Å². The molecule has 0 saturated heterocycles. The van der Waals surface area contributed by atoms with Crippen molar-refractivity contribution in [2.75, 3.05) is 11.4 Å². The molecule has 38 heavy (non-hydrogen) atoms. The van der Waals surface area contributed by atoms with Gasteiger partial charge in [0, 0.05) is 36.2 Å². The Morgan fingerprint density at radius 1 is 0.895 bits per heavy atom. The fourth-order valence-corrected chi connectivity index (χ4v) is 5.12. The molecule has 0 aliphatic carbocycles. The summed E-state index contributed by atoms with van der Waals surface area (Å²) in [4.78, 5) is 20.6. The number of fused-ring (bicyclic) bond motifs is 1. The van der Waals surface area contributed by atoms with E-state index in [2.05, 4.69) is 62.8 Å². The van der Waals surface area contributed by atoms with Crippen molar-refractivity contribution in [2.24, 2.45) is 0 Å². The van der Waals surface area contributed by atoms with Crippen molar-refractivity contribution in [1.82, 2.24) is 25.6 Å². The van der Waals surface area contributed by atoms with Gasteiger partial charge >= 0.3 is 0 Å². The van der Waals surface area contributed by atoms with Crippen LogP contribution in [0.4, 0.5) is 11.5 Å². The van der Waals surface area contributed by atoms with E-state index in [1.165, 1.54) is 16.8 Å². The number of para-hydroxylation sites is 1. The molecular weight excluding hydrogens is 472 g/mol. The standard InChI is InChI=1S/C31H28N6O/c1-21-12-14-22(15-13-21)17-25(38)18-23-19-28(26-9-3-4-10-27(26)31-33-35-36-34-31)32-30(20-23)37-16-6-8-24-7-2-5-11-29(24)37/h2-5,7,9-15,19-20H,6,8,16-18H2,1H3,(H,33,34,35,36). The number of carbonyl (C=O) groups excluding carboxylic acids is 1. The fourth-order valence-electron chi connectivity index (χ4n) is 5.12. The molecule has 1 aliphatic heterocycles. The van der Waals surface area contributed by atoms with E-state index >= 15 is 0 Å². The number of Topliss-reactive ketones (excluding diaryl/α,β-unsaturated/α-hetero) is 1. The number of nitrogens with zero attached hydrogens (tertiary/aromatic N) is 5. The van der Waals surface area contributed by atoms with Crippen molar-refractivity contribution in [3.8, 4) is 22.6 Å². The summed E-state index contributed by atoms with van der Waals surface area (Å²) < 4.78 is 0. The fraction of sp³-hybridized carbons (Fsp3) is 0.194. The van der Waals surface area contributed by atoms with Gasteiger partial charge < -0.3 is 4.90 Å². The maximum atomic E-state index is 13.2. The molecule has 0 bridgehead atoms. The van der Waals surface area contributed by atoms with Crippen LogP contribution in [0.5, 0.6) is 0 Å². The van der Waals surface area contributed by atoms with Gasteiger partial charge in [-0.05, 0) is 59.9 Å². The number of nitrogens with one attached hydrogen (secondary N) is 1. The Hall–Kier alpha value is -4.65. The van der Waals surface area contributed by atoms with Crippen molar-refractivity contribution in [1.29, 1.82) is 0 Å². The second-order valence-electron chi connectivity index (χ2n) is 9.76. The molecule has 5 aromatic rings. The zero-order chi connectivity index (χ0) is 25.9. The van der Waals surface area contributed by atoms with E-state index in [-0.39, 0.29) is 5.78 Å². The number of H-pyrrole nitrogens is 1. The van der Waals surface area contributed by atoms with Crippen molar-refractivity contribution in [3.05, 3.63) is 107 Å². The molecule has 0 spiro atoms. The van der Waals surface area contributed by atoms with E-state index in [1.807, 2.05) is 54.6 Å². The average Bonchev–Trinajstić information content (AvgIpc) is 3.49. The first kappa shape index (κ1) is 23.7. The topological polar surface area (TPSA) is 87.7 Å². The second-order valence-corrected chi connectivity index (χ2v) is 9.76. The van der Waals surface area contributed by atoms with Gasteiger partial charge in [-0.3, -0.25) is 4.79 Å². The predicted molar refractivity (Wildman–Crippen MR) is 148 cm³/mol. The van der Waals surface area contributed by atoms with E-state index in [0.717, 1.165) is 53.2 Å². The van der Waals surface area contributed by atoms with Crippen molar-refractivity contribution >= 4 is 17.3 Å². The van der Waals surface area contributed by atoms with Crippen molar-refractivity contribution in [3.63, 3.8) is 0 Å². The normalized spacial score (nSPS) is 12.8. The molecule has 0 saturated carbocycles. The highest BCUT2D eigenvalue weighted by atomic mass is 16.1. The number of tetrazole rings is 1. The molecular formula is C31H28N6O. The molecule has 0 fully saturated rings. The molecule has 1 N–H and O–H groups in total. The van der Waals surface area contributed by atoms with Gasteiger partial charge in [-0.15, -0.1) is 10.2 Å². The lowest BCUT2D eigenvalue weighted by Crippen LogP contribution is -2.25. The van der Waals surface area contributed by atoms with E-state index in [1.54, 1.807) is 0 Å². The monoisotopic (exact) mass is 500 g/mol. The largest absolute Gasteiger partial charge is 0.326 e. The Morgan fingerprint density at radius 3 is 2.47 bits per heavy atom. The number of pyridine rings is 1. The van der Waals surface area contributed by atoms with E-state index < -0.39 is 0 Å². The highest BCUT2D eigenvalue weighted by Crippen LogP contribution is 2.36. The first-order valence-corrected chi connectivity index (χ1v) is 12.9. The molecule has 0 radical (unpaired) electrons. The number of hydrogen-bond donors (Lipinski definition) is 1. The Labute approximate surface area is 221 Å². The number of hydrogen-bond acceptors (Lipinski definition) is 6. The third kappa shape index (κ3) is 4.95. The summed E-state index contributed by atoms with van der Waals surface area (Å²) in [5.74, 6) is 1.52. The van der Waals surface area contributed by atoms with Gasteiger partial charge in [0.05, 0.1) is 5.69 Å². The minimum Gasteiger partial charge on any atom is -0.326 e. The van der Waals surface area contributed by atoms with Gasteiger partial charge in [0.15, 0.2) is 0 Å². The molecule has 7 heteroatoms. The molecule has 2 aromatic heterocycles. The second kappa shape index (κ2) is 10.4. The number of aromatic nitrogens is 5. The molecule has 0 atom stereocenters. The van der Waals surface area contributed by atoms with Crippen LogP contribution in [0.2, 0.25) is 0 Å². The van der Waals surface area contributed by atoms with Crippen LogP contribution in [-0.4, -0.2) is 37.9 Å². The maximum Gasteiger partial charge on any atom is 0.205 e. The van der Waals surface area contributed by atoms with Crippen molar-refractivity contribution < 1.29 is 4.79 Å². The lowest BCUT2D eigenvalue weighted by Gasteiger charge is -2.31. The first-order valence-electron chi connectivity index (χ1n) is 12.9. The summed E-state index contributed by atoms with van der Waals surface area (Å²) in [6.45, 7) is 2.92. The quantitative estimate of drug-likeness (QED) is 0.310. The zero-order valence-electron chi connectivity index (χ0n) is 21.3. The highest BCUT2D eigenvalue weighted by molar-refractivity contribution is 5.85. The lowest BCUT2D eigenvalue weighted by atomic mass is 9.98. The molecule has 0 unspecified atom stereocenters. The Bertz CT molecular complexity index is 1580.